The highest BCUT2D eigenvalue weighted by Crippen LogP contribution is 2.39. The lowest BCUT2D eigenvalue weighted by Crippen LogP contribution is -2.63. The zero-order valence-electron chi connectivity index (χ0n) is 14.9. The van der Waals surface area contributed by atoms with E-state index in [0.29, 0.717) is 17.9 Å². The van der Waals surface area contributed by atoms with Crippen molar-refractivity contribution >= 4 is 0 Å². The van der Waals surface area contributed by atoms with Crippen LogP contribution < -0.4 is 0 Å². The fourth-order valence-electron chi connectivity index (χ4n) is 3.79. The van der Waals surface area contributed by atoms with Crippen molar-refractivity contribution in [2.45, 2.75) is 85.4 Å². The maximum Gasteiger partial charge on any atom is 0.0425 e. The molecule has 1 aliphatic heterocycles. The van der Waals surface area contributed by atoms with Gasteiger partial charge in [0.05, 0.1) is 0 Å². The molecule has 3 nitrogen and oxygen atoms in total. The van der Waals surface area contributed by atoms with Gasteiger partial charge in [0.15, 0.2) is 0 Å². The molecule has 120 valence electrons. The molecule has 0 aromatic carbocycles. The van der Waals surface area contributed by atoms with E-state index in [0.717, 1.165) is 25.9 Å². The van der Waals surface area contributed by atoms with Crippen LogP contribution in [0, 0.1) is 11.8 Å². The predicted molar refractivity (Wildman–Crippen MR) is 86.1 cm³/mol. The Labute approximate surface area is 126 Å². The minimum absolute atomic E-state index is 0.154. The molecule has 0 atom stereocenters. The van der Waals surface area contributed by atoms with Gasteiger partial charge in [-0.15, -0.1) is 0 Å². The Hall–Kier alpha value is -0.120. The molecular weight excluding hydrogens is 248 g/mol. The van der Waals surface area contributed by atoms with Gasteiger partial charge in [0, 0.05) is 30.2 Å². The Kier molecular flexibility index (Phi) is 5.67. The minimum Gasteiger partial charge on any atom is -0.313 e. The molecule has 0 aromatic heterocycles. The lowest BCUT2D eigenvalue weighted by Gasteiger charge is -2.54. The van der Waals surface area contributed by atoms with Crippen molar-refractivity contribution in [3.8, 4) is 0 Å². The molecule has 0 unspecified atom stereocenters. The van der Waals surface area contributed by atoms with Gasteiger partial charge < -0.3 is 5.21 Å². The largest absolute Gasteiger partial charge is 0.313 e. The maximum atomic E-state index is 10.4. The van der Waals surface area contributed by atoms with Gasteiger partial charge in [-0.2, -0.15) is 5.06 Å². The summed E-state index contributed by atoms with van der Waals surface area (Å²) in [6, 6.07) is 0.563. The number of hydrogen-bond donors (Lipinski definition) is 1. The standard InChI is InChI=1S/C17H36N2O/c1-13(2)11-18(12-14(3)4)15-9-16(5,6)19(20)17(7,8)10-15/h13-15,20H,9-12H2,1-8H3. The highest BCUT2D eigenvalue weighted by atomic mass is 16.5. The Morgan fingerprint density at radius 1 is 0.950 bits per heavy atom. The molecule has 3 heteroatoms. The van der Waals surface area contributed by atoms with Crippen LogP contribution in [0.1, 0.15) is 68.2 Å². The van der Waals surface area contributed by atoms with Crippen molar-refractivity contribution in [3.63, 3.8) is 0 Å². The van der Waals surface area contributed by atoms with E-state index in [2.05, 4.69) is 60.3 Å². The van der Waals surface area contributed by atoms with E-state index in [9.17, 15) is 5.21 Å². The summed E-state index contributed by atoms with van der Waals surface area (Å²) in [6.45, 7) is 20.1. The monoisotopic (exact) mass is 284 g/mol. The molecule has 1 aliphatic rings. The topological polar surface area (TPSA) is 26.7 Å². The van der Waals surface area contributed by atoms with Gasteiger partial charge in [0.25, 0.3) is 0 Å². The summed E-state index contributed by atoms with van der Waals surface area (Å²) in [5.74, 6) is 1.37. The van der Waals surface area contributed by atoms with Crippen molar-refractivity contribution in [2.24, 2.45) is 11.8 Å². The summed E-state index contributed by atoms with van der Waals surface area (Å²) in [4.78, 5) is 2.66. The highest BCUT2D eigenvalue weighted by molar-refractivity contribution is 4.99. The first-order valence-electron chi connectivity index (χ1n) is 8.19. The number of hydroxylamine groups is 2. The third-order valence-corrected chi connectivity index (χ3v) is 4.33. The van der Waals surface area contributed by atoms with Crippen molar-refractivity contribution in [1.29, 1.82) is 0 Å². The second-order valence-electron chi connectivity index (χ2n) is 8.74. The molecule has 1 heterocycles. The van der Waals surface area contributed by atoms with Gasteiger partial charge in [-0.3, -0.25) is 4.90 Å². The minimum atomic E-state index is -0.154. The van der Waals surface area contributed by atoms with E-state index < -0.39 is 0 Å². The molecule has 0 aliphatic carbocycles. The maximum absolute atomic E-state index is 10.4. The van der Waals surface area contributed by atoms with E-state index in [1.54, 1.807) is 5.06 Å². The van der Waals surface area contributed by atoms with Gasteiger partial charge in [-0.1, -0.05) is 27.7 Å². The zero-order valence-corrected chi connectivity index (χ0v) is 14.9. The van der Waals surface area contributed by atoms with Crippen molar-refractivity contribution < 1.29 is 5.21 Å². The molecule has 0 aromatic rings. The number of piperidine rings is 1. The molecule has 0 bridgehead atoms. The van der Waals surface area contributed by atoms with Gasteiger partial charge >= 0.3 is 0 Å². The van der Waals surface area contributed by atoms with Crippen LogP contribution in [0.4, 0.5) is 0 Å². The van der Waals surface area contributed by atoms with Gasteiger partial charge in [-0.05, 0) is 52.4 Å². The third-order valence-electron chi connectivity index (χ3n) is 4.33. The Morgan fingerprint density at radius 2 is 1.30 bits per heavy atom. The molecule has 1 N–H and O–H groups in total. The van der Waals surface area contributed by atoms with Crippen LogP contribution in [-0.4, -0.2) is 45.4 Å². The van der Waals surface area contributed by atoms with Crippen LogP contribution in [0.5, 0.6) is 0 Å². The molecular formula is C17H36N2O. The summed E-state index contributed by atoms with van der Waals surface area (Å²) in [5, 5.41) is 12.0. The van der Waals surface area contributed by atoms with Crippen LogP contribution in [0.25, 0.3) is 0 Å². The Bertz CT molecular complexity index is 282. The number of hydrogen-bond acceptors (Lipinski definition) is 3. The number of nitrogens with zero attached hydrogens (tertiary/aromatic N) is 2. The van der Waals surface area contributed by atoms with Crippen LogP contribution >= 0.6 is 0 Å². The van der Waals surface area contributed by atoms with Gasteiger partial charge in [-0.25, -0.2) is 0 Å². The zero-order chi connectivity index (χ0) is 15.7. The second-order valence-corrected chi connectivity index (χ2v) is 8.74. The van der Waals surface area contributed by atoms with Gasteiger partial charge in [0.1, 0.15) is 0 Å². The number of rotatable bonds is 5. The lowest BCUT2D eigenvalue weighted by atomic mass is 9.78. The predicted octanol–water partition coefficient (Wildman–Crippen LogP) is 4.01. The normalized spacial score (nSPS) is 24.0. The summed E-state index contributed by atoms with van der Waals surface area (Å²) in [6.07, 6.45) is 2.07. The van der Waals surface area contributed by atoms with Gasteiger partial charge in [0.2, 0.25) is 0 Å². The van der Waals surface area contributed by atoms with Crippen molar-refractivity contribution in [3.05, 3.63) is 0 Å². The molecule has 1 rings (SSSR count). The van der Waals surface area contributed by atoms with E-state index in [1.165, 1.54) is 0 Å². The molecule has 0 amide bonds. The van der Waals surface area contributed by atoms with Crippen molar-refractivity contribution in [1.82, 2.24) is 9.96 Å². The SMILES string of the molecule is CC(C)CN(CC(C)C)C1CC(C)(C)N(O)C(C)(C)C1. The molecule has 1 fully saturated rings. The summed E-state index contributed by atoms with van der Waals surface area (Å²) < 4.78 is 0. The summed E-state index contributed by atoms with van der Waals surface area (Å²) in [7, 11) is 0. The van der Waals surface area contributed by atoms with E-state index in [4.69, 9.17) is 0 Å². The van der Waals surface area contributed by atoms with Crippen LogP contribution in [-0.2, 0) is 0 Å². The average molecular weight is 284 g/mol. The summed E-state index contributed by atoms with van der Waals surface area (Å²) in [5.41, 5.74) is -0.308. The summed E-state index contributed by atoms with van der Waals surface area (Å²) >= 11 is 0. The molecule has 0 radical (unpaired) electrons. The quantitative estimate of drug-likeness (QED) is 0.826. The smallest absolute Gasteiger partial charge is 0.0425 e. The molecule has 0 saturated carbocycles. The molecule has 20 heavy (non-hydrogen) atoms. The first-order chi connectivity index (χ1) is 8.95. The lowest BCUT2D eigenvalue weighted by molar-refractivity contribution is -0.252. The first-order valence-corrected chi connectivity index (χ1v) is 8.19. The second kappa shape index (κ2) is 6.33. The van der Waals surface area contributed by atoms with Crippen LogP contribution in [0.2, 0.25) is 0 Å². The first kappa shape index (κ1) is 17.9. The van der Waals surface area contributed by atoms with Crippen molar-refractivity contribution in [2.75, 3.05) is 13.1 Å². The van der Waals surface area contributed by atoms with E-state index in [-0.39, 0.29) is 11.1 Å². The van der Waals surface area contributed by atoms with Crippen LogP contribution in [0.15, 0.2) is 0 Å². The molecule has 1 saturated heterocycles. The molecule has 0 spiro atoms. The highest BCUT2D eigenvalue weighted by Gasteiger charge is 2.46. The van der Waals surface area contributed by atoms with E-state index >= 15 is 0 Å². The Morgan fingerprint density at radius 3 is 1.60 bits per heavy atom. The third kappa shape index (κ3) is 4.44. The fourth-order valence-corrected chi connectivity index (χ4v) is 3.79. The Balaban J connectivity index is 2.90. The average Bonchev–Trinajstić information content (AvgIpc) is 2.22. The van der Waals surface area contributed by atoms with E-state index in [1.807, 2.05) is 0 Å². The van der Waals surface area contributed by atoms with Crippen LogP contribution in [0.3, 0.4) is 0 Å². The fraction of sp³-hybridized carbons (Fsp3) is 1.00.